The second kappa shape index (κ2) is 8.63. The molecule has 2 aromatic rings. The van der Waals surface area contributed by atoms with Crippen molar-refractivity contribution in [1.82, 2.24) is 5.43 Å². The van der Waals surface area contributed by atoms with Gasteiger partial charge in [-0.3, -0.25) is 4.79 Å². The molecule has 0 atom stereocenters. The summed E-state index contributed by atoms with van der Waals surface area (Å²) >= 11 is 0. The number of amides is 1. The molecule has 0 radical (unpaired) electrons. The van der Waals surface area contributed by atoms with Gasteiger partial charge in [0, 0.05) is 0 Å². The number of nitrogens with zero attached hydrogens (tertiary/aromatic N) is 1. The molecule has 6 nitrogen and oxygen atoms in total. The first-order chi connectivity index (χ1) is 11.2. The highest BCUT2D eigenvalue weighted by atomic mass is 16.5. The van der Waals surface area contributed by atoms with Gasteiger partial charge in [0.05, 0.1) is 26.2 Å². The summed E-state index contributed by atoms with van der Waals surface area (Å²) < 4.78 is 16.0. The van der Waals surface area contributed by atoms with E-state index in [0.29, 0.717) is 18.1 Å². The van der Waals surface area contributed by atoms with Gasteiger partial charge in [0.25, 0.3) is 0 Å². The van der Waals surface area contributed by atoms with Crippen molar-refractivity contribution in [3.8, 4) is 11.5 Å². The Bertz CT molecular complexity index is 651. The number of furan rings is 1. The zero-order chi connectivity index (χ0) is 16.5. The summed E-state index contributed by atoms with van der Waals surface area (Å²) in [6.07, 6.45) is 5.02. The lowest BCUT2D eigenvalue weighted by Crippen LogP contribution is -2.16. The van der Waals surface area contributed by atoms with E-state index in [-0.39, 0.29) is 5.76 Å². The minimum Gasteiger partial charge on any atom is -0.493 e. The predicted octanol–water partition coefficient (Wildman–Crippen LogP) is 3.23. The van der Waals surface area contributed by atoms with E-state index in [0.717, 1.165) is 18.4 Å². The van der Waals surface area contributed by atoms with Gasteiger partial charge >= 0.3 is 5.91 Å². The zero-order valence-electron chi connectivity index (χ0n) is 13.2. The third-order valence-corrected chi connectivity index (χ3v) is 3.07. The Morgan fingerprint density at radius 2 is 2.22 bits per heavy atom. The van der Waals surface area contributed by atoms with E-state index in [1.165, 1.54) is 12.5 Å². The summed E-state index contributed by atoms with van der Waals surface area (Å²) in [5.74, 6) is 1.12. The maximum atomic E-state index is 11.7. The number of carbonyl (C=O) groups excluding carboxylic acids is 1. The van der Waals surface area contributed by atoms with E-state index in [9.17, 15) is 4.79 Å². The Hall–Kier alpha value is -2.76. The highest BCUT2D eigenvalue weighted by molar-refractivity contribution is 5.92. The van der Waals surface area contributed by atoms with Crippen molar-refractivity contribution in [2.75, 3.05) is 13.7 Å². The van der Waals surface area contributed by atoms with Gasteiger partial charge < -0.3 is 13.9 Å². The lowest BCUT2D eigenvalue weighted by molar-refractivity contribution is 0.0927. The van der Waals surface area contributed by atoms with Crippen LogP contribution in [0.5, 0.6) is 11.5 Å². The molecule has 0 aliphatic heterocycles. The number of carbonyl (C=O) groups is 1. The van der Waals surface area contributed by atoms with Gasteiger partial charge in [-0.05, 0) is 42.3 Å². The molecule has 1 N–H and O–H groups in total. The van der Waals surface area contributed by atoms with E-state index in [1.54, 1.807) is 25.3 Å². The molecule has 0 fully saturated rings. The van der Waals surface area contributed by atoms with Crippen LogP contribution in [0.25, 0.3) is 0 Å². The monoisotopic (exact) mass is 316 g/mol. The zero-order valence-corrected chi connectivity index (χ0v) is 13.2. The van der Waals surface area contributed by atoms with E-state index in [4.69, 9.17) is 13.9 Å². The van der Waals surface area contributed by atoms with E-state index in [1.807, 2.05) is 12.1 Å². The van der Waals surface area contributed by atoms with Gasteiger partial charge in [0.1, 0.15) is 0 Å². The number of rotatable bonds is 8. The maximum Gasteiger partial charge on any atom is 0.307 e. The molecular formula is C17H20N2O4. The Balaban J connectivity index is 1.97. The quantitative estimate of drug-likeness (QED) is 0.461. The normalized spacial score (nSPS) is 10.7. The smallest absolute Gasteiger partial charge is 0.307 e. The average molecular weight is 316 g/mol. The molecule has 1 amide bonds. The van der Waals surface area contributed by atoms with Crippen LogP contribution in [-0.2, 0) is 0 Å². The second-order valence-corrected chi connectivity index (χ2v) is 4.79. The van der Waals surface area contributed by atoms with Crippen molar-refractivity contribution in [3.63, 3.8) is 0 Å². The van der Waals surface area contributed by atoms with E-state index in [2.05, 4.69) is 17.5 Å². The number of unbranched alkanes of at least 4 members (excludes halogenated alkanes) is 1. The summed E-state index contributed by atoms with van der Waals surface area (Å²) in [4.78, 5) is 11.7. The Morgan fingerprint density at radius 1 is 1.35 bits per heavy atom. The van der Waals surface area contributed by atoms with Crippen LogP contribution >= 0.6 is 0 Å². The highest BCUT2D eigenvalue weighted by Crippen LogP contribution is 2.27. The van der Waals surface area contributed by atoms with Gasteiger partial charge in [0.15, 0.2) is 17.3 Å². The number of methoxy groups -OCH3 is 1. The molecule has 1 heterocycles. The molecule has 0 bridgehead atoms. The van der Waals surface area contributed by atoms with Gasteiger partial charge in [-0.1, -0.05) is 13.3 Å². The Labute approximate surface area is 135 Å². The van der Waals surface area contributed by atoms with Crippen molar-refractivity contribution in [2.45, 2.75) is 19.8 Å². The van der Waals surface area contributed by atoms with Crippen LogP contribution in [0, 0.1) is 0 Å². The first-order valence-corrected chi connectivity index (χ1v) is 7.42. The molecule has 0 unspecified atom stereocenters. The third-order valence-electron chi connectivity index (χ3n) is 3.07. The Kier molecular flexibility index (Phi) is 6.23. The van der Waals surface area contributed by atoms with Crippen LogP contribution in [0.3, 0.4) is 0 Å². The molecular weight excluding hydrogens is 296 g/mol. The molecule has 23 heavy (non-hydrogen) atoms. The van der Waals surface area contributed by atoms with E-state index >= 15 is 0 Å². The number of benzene rings is 1. The molecule has 0 saturated heterocycles. The number of ether oxygens (including phenoxy) is 2. The second-order valence-electron chi connectivity index (χ2n) is 4.79. The first kappa shape index (κ1) is 16.6. The molecule has 0 saturated carbocycles. The molecule has 0 spiro atoms. The Morgan fingerprint density at radius 3 is 2.91 bits per heavy atom. The number of nitrogens with one attached hydrogen (secondary N) is 1. The molecule has 122 valence electrons. The lowest BCUT2D eigenvalue weighted by atomic mass is 10.2. The molecule has 0 aliphatic carbocycles. The minimum absolute atomic E-state index is 0.208. The summed E-state index contributed by atoms with van der Waals surface area (Å²) in [5.41, 5.74) is 3.17. The van der Waals surface area contributed by atoms with Crippen molar-refractivity contribution in [3.05, 3.63) is 47.9 Å². The maximum absolute atomic E-state index is 11.7. The van der Waals surface area contributed by atoms with Crippen LogP contribution in [0.1, 0.15) is 35.9 Å². The molecule has 6 heteroatoms. The molecule has 2 rings (SSSR count). The van der Waals surface area contributed by atoms with E-state index < -0.39 is 5.91 Å². The molecule has 1 aromatic heterocycles. The molecule has 0 aliphatic rings. The van der Waals surface area contributed by atoms with Gasteiger partial charge in [-0.2, -0.15) is 5.10 Å². The summed E-state index contributed by atoms with van der Waals surface area (Å²) in [6, 6.07) is 8.66. The summed E-state index contributed by atoms with van der Waals surface area (Å²) in [6.45, 7) is 2.76. The van der Waals surface area contributed by atoms with Crippen LogP contribution in [0.2, 0.25) is 0 Å². The summed E-state index contributed by atoms with van der Waals surface area (Å²) in [7, 11) is 1.58. The number of hydrazone groups is 1. The van der Waals surface area contributed by atoms with Crippen LogP contribution in [0.15, 0.2) is 46.1 Å². The van der Waals surface area contributed by atoms with Crippen molar-refractivity contribution < 1.29 is 18.7 Å². The first-order valence-electron chi connectivity index (χ1n) is 7.42. The molecule has 1 aromatic carbocycles. The largest absolute Gasteiger partial charge is 0.493 e. The number of hydrogen-bond donors (Lipinski definition) is 1. The van der Waals surface area contributed by atoms with Crippen molar-refractivity contribution >= 4 is 12.1 Å². The van der Waals surface area contributed by atoms with Gasteiger partial charge in [-0.15, -0.1) is 0 Å². The van der Waals surface area contributed by atoms with Crippen molar-refractivity contribution in [1.29, 1.82) is 0 Å². The topological polar surface area (TPSA) is 73.1 Å². The predicted molar refractivity (Wildman–Crippen MR) is 87.2 cm³/mol. The standard InChI is InChI=1S/C17H20N2O4/c1-3-4-9-22-14-8-7-13(11-16(14)21-2)12-18-19-17(20)15-6-5-10-23-15/h5-8,10-12H,3-4,9H2,1-2H3,(H,19,20)/b18-12+. The van der Waals surface area contributed by atoms with Crippen molar-refractivity contribution in [2.24, 2.45) is 5.10 Å². The van der Waals surface area contributed by atoms with Crippen LogP contribution < -0.4 is 14.9 Å². The van der Waals surface area contributed by atoms with Crippen LogP contribution in [-0.4, -0.2) is 25.8 Å². The SMILES string of the molecule is CCCCOc1ccc(/C=N/NC(=O)c2ccco2)cc1OC. The fraction of sp³-hybridized carbons (Fsp3) is 0.294. The summed E-state index contributed by atoms with van der Waals surface area (Å²) in [5, 5.41) is 3.90. The fourth-order valence-electron chi connectivity index (χ4n) is 1.84. The fourth-order valence-corrected chi connectivity index (χ4v) is 1.84. The van der Waals surface area contributed by atoms with Crippen LogP contribution in [0.4, 0.5) is 0 Å². The minimum atomic E-state index is -0.405. The van der Waals surface area contributed by atoms with Gasteiger partial charge in [0.2, 0.25) is 0 Å². The lowest BCUT2D eigenvalue weighted by Gasteiger charge is -2.10. The third kappa shape index (κ3) is 4.88. The highest BCUT2D eigenvalue weighted by Gasteiger charge is 2.07. The number of hydrogen-bond acceptors (Lipinski definition) is 5. The average Bonchev–Trinajstić information content (AvgIpc) is 3.10. The van der Waals surface area contributed by atoms with Gasteiger partial charge in [-0.25, -0.2) is 5.43 Å².